The molecular weight excluding hydrogens is 295 g/mol. The van der Waals surface area contributed by atoms with Crippen LogP contribution in [0.1, 0.15) is 21.6 Å². The highest BCUT2D eigenvalue weighted by Crippen LogP contribution is 2.39. The molecule has 0 aliphatic carbocycles. The molecule has 1 amide bonds. The third-order valence-corrected chi connectivity index (χ3v) is 4.39. The highest BCUT2D eigenvalue weighted by atomic mass is 32.1. The first-order chi connectivity index (χ1) is 8.89. The number of hydrogen-bond donors (Lipinski definition) is 4. The van der Waals surface area contributed by atoms with E-state index >= 15 is 0 Å². The lowest BCUT2D eigenvalue weighted by atomic mass is 10.1. The number of thiazole rings is 1. The van der Waals surface area contributed by atoms with Crippen molar-refractivity contribution < 1.29 is 29.4 Å². The summed E-state index contributed by atoms with van der Waals surface area (Å²) in [6.45, 7) is -0.380. The van der Waals surface area contributed by atoms with Gasteiger partial charge in [0.15, 0.2) is 13.8 Å². The Morgan fingerprint density at radius 2 is 2.42 bits per heavy atom. The fourth-order valence-corrected chi connectivity index (χ4v) is 2.89. The Hall–Kier alpha value is -0.960. The van der Waals surface area contributed by atoms with E-state index in [-0.39, 0.29) is 17.3 Å². The minimum atomic E-state index is -1.95. The number of hydrogen-bond acceptors (Lipinski definition) is 8. The molecule has 0 spiro atoms. The van der Waals surface area contributed by atoms with E-state index < -0.39 is 38.0 Å². The van der Waals surface area contributed by atoms with E-state index in [2.05, 4.69) is 4.98 Å². The molecule has 2 rings (SSSR count). The van der Waals surface area contributed by atoms with E-state index in [4.69, 9.17) is 10.5 Å². The quantitative estimate of drug-likeness (QED) is 0.523. The summed E-state index contributed by atoms with van der Waals surface area (Å²) in [4.78, 5) is 14.7. The van der Waals surface area contributed by atoms with Gasteiger partial charge in [-0.25, -0.2) is 4.98 Å². The van der Waals surface area contributed by atoms with E-state index in [0.29, 0.717) is 0 Å². The molecular formula is C9H11N2O6PS. The minimum Gasteiger partial charge on any atom is -0.386 e. The van der Waals surface area contributed by atoms with Gasteiger partial charge in [0.2, 0.25) is 0 Å². The van der Waals surface area contributed by atoms with Gasteiger partial charge in [0, 0.05) is 5.38 Å². The molecule has 1 aromatic rings. The summed E-state index contributed by atoms with van der Waals surface area (Å²) in [5.41, 5.74) is 5.02. The minimum absolute atomic E-state index is 0.0104. The molecule has 1 aliphatic heterocycles. The Morgan fingerprint density at radius 1 is 1.74 bits per heavy atom. The first-order valence-electron chi connectivity index (χ1n) is 5.19. The third kappa shape index (κ3) is 2.53. The molecule has 5 N–H and O–H groups in total. The molecule has 104 valence electrons. The number of primary amides is 1. The Kier molecular flexibility index (Phi) is 3.95. The van der Waals surface area contributed by atoms with Crippen LogP contribution in [0, 0.1) is 0 Å². The third-order valence-electron chi connectivity index (χ3n) is 2.77. The molecule has 2 heterocycles. The Balaban J connectivity index is 2.18. The summed E-state index contributed by atoms with van der Waals surface area (Å²) >= 11 is 0.968. The maximum Gasteiger partial charge on any atom is 0.268 e. The zero-order valence-electron chi connectivity index (χ0n) is 9.46. The van der Waals surface area contributed by atoms with Gasteiger partial charge in [-0.2, -0.15) is 0 Å². The van der Waals surface area contributed by atoms with Gasteiger partial charge in [-0.05, 0) is 0 Å². The number of aromatic nitrogens is 1. The largest absolute Gasteiger partial charge is 0.386 e. The number of ether oxygens (including phenoxy) is 1. The van der Waals surface area contributed by atoms with Crippen molar-refractivity contribution in [3.63, 3.8) is 0 Å². The van der Waals surface area contributed by atoms with Crippen LogP contribution in [0.4, 0.5) is 0 Å². The highest BCUT2D eigenvalue weighted by Gasteiger charge is 2.52. The SMILES string of the molecule is NC(=O)c1csc(C(O)[C@H]2OC[C@@](O)(P=O)[C@@H]2O)n1. The predicted molar refractivity (Wildman–Crippen MR) is 63.9 cm³/mol. The van der Waals surface area contributed by atoms with Crippen molar-refractivity contribution in [1.82, 2.24) is 4.98 Å². The number of nitrogens with zero attached hydrogens (tertiary/aromatic N) is 1. The number of rotatable bonds is 4. The normalized spacial score (nSPS) is 32.6. The average molecular weight is 306 g/mol. The Labute approximate surface area is 113 Å². The number of amides is 1. The summed E-state index contributed by atoms with van der Waals surface area (Å²) in [5.74, 6) is -0.739. The fourth-order valence-electron chi connectivity index (χ4n) is 1.68. The van der Waals surface area contributed by atoms with Crippen LogP contribution in [0.2, 0.25) is 0 Å². The van der Waals surface area contributed by atoms with Gasteiger partial charge < -0.3 is 25.8 Å². The van der Waals surface area contributed by atoms with Crippen LogP contribution in [0.25, 0.3) is 0 Å². The number of carbonyl (C=O) groups is 1. The lowest BCUT2D eigenvalue weighted by Gasteiger charge is -2.21. The van der Waals surface area contributed by atoms with Crippen molar-refractivity contribution in [3.05, 3.63) is 16.1 Å². The van der Waals surface area contributed by atoms with Crippen molar-refractivity contribution >= 4 is 25.7 Å². The van der Waals surface area contributed by atoms with Crippen LogP contribution in [0.15, 0.2) is 5.38 Å². The maximum absolute atomic E-state index is 10.9. The smallest absolute Gasteiger partial charge is 0.268 e. The van der Waals surface area contributed by atoms with Gasteiger partial charge in [-0.3, -0.25) is 9.36 Å². The maximum atomic E-state index is 10.9. The standard InChI is InChI=1S/C9H11N2O6PS/c10-7(14)3-1-19-8(11-3)4(12)5-6(13)9(15,18-16)2-17-5/h1,4-6,12-13,15H,2H2,(H2,10,14)/t4?,5-,6-,9-/m1/s1. The summed E-state index contributed by atoms with van der Waals surface area (Å²) in [6.07, 6.45) is -4.08. The zero-order chi connectivity index (χ0) is 14.2. The number of aliphatic hydroxyl groups excluding tert-OH is 2. The van der Waals surface area contributed by atoms with Gasteiger partial charge in [-0.15, -0.1) is 11.3 Å². The van der Waals surface area contributed by atoms with E-state index in [1.807, 2.05) is 0 Å². The average Bonchev–Trinajstić information content (AvgIpc) is 2.97. The molecule has 10 heteroatoms. The van der Waals surface area contributed by atoms with Gasteiger partial charge in [0.05, 0.1) is 6.61 Å². The monoisotopic (exact) mass is 306 g/mol. The van der Waals surface area contributed by atoms with E-state index in [9.17, 15) is 24.7 Å². The van der Waals surface area contributed by atoms with E-state index in [0.717, 1.165) is 11.3 Å². The van der Waals surface area contributed by atoms with Crippen molar-refractivity contribution in [2.75, 3.05) is 6.61 Å². The zero-order valence-corrected chi connectivity index (χ0v) is 11.2. The van der Waals surface area contributed by atoms with Crippen molar-refractivity contribution in [2.24, 2.45) is 5.73 Å². The molecule has 0 radical (unpaired) electrons. The molecule has 19 heavy (non-hydrogen) atoms. The van der Waals surface area contributed by atoms with E-state index in [1.54, 1.807) is 0 Å². The van der Waals surface area contributed by atoms with Crippen LogP contribution < -0.4 is 5.73 Å². The first kappa shape index (κ1) is 14.4. The number of carbonyl (C=O) groups excluding carboxylic acids is 1. The van der Waals surface area contributed by atoms with Crippen molar-refractivity contribution in [3.8, 4) is 0 Å². The summed E-state index contributed by atoms with van der Waals surface area (Å²) < 4.78 is 15.8. The molecule has 4 atom stereocenters. The lowest BCUT2D eigenvalue weighted by molar-refractivity contribution is -0.0554. The molecule has 1 aromatic heterocycles. The van der Waals surface area contributed by atoms with Crippen LogP contribution in [-0.2, 0) is 9.30 Å². The van der Waals surface area contributed by atoms with Gasteiger partial charge in [-0.1, -0.05) is 0 Å². The van der Waals surface area contributed by atoms with Crippen molar-refractivity contribution in [2.45, 2.75) is 23.7 Å². The molecule has 1 unspecified atom stereocenters. The van der Waals surface area contributed by atoms with Crippen LogP contribution in [0.3, 0.4) is 0 Å². The Morgan fingerprint density at radius 3 is 2.89 bits per heavy atom. The fraction of sp³-hybridized carbons (Fsp3) is 0.556. The second-order valence-electron chi connectivity index (χ2n) is 4.07. The number of nitrogens with two attached hydrogens (primary N) is 1. The van der Waals surface area contributed by atoms with Gasteiger partial charge in [0.25, 0.3) is 5.91 Å². The van der Waals surface area contributed by atoms with E-state index in [1.165, 1.54) is 5.38 Å². The second kappa shape index (κ2) is 5.20. The lowest BCUT2D eigenvalue weighted by Crippen LogP contribution is -2.40. The summed E-state index contributed by atoms with van der Waals surface area (Å²) in [7, 11) is -0.696. The molecule has 1 fully saturated rings. The summed E-state index contributed by atoms with van der Waals surface area (Å²) in [6, 6.07) is 0. The topological polar surface area (TPSA) is 143 Å². The van der Waals surface area contributed by atoms with Crippen molar-refractivity contribution in [1.29, 1.82) is 0 Å². The highest BCUT2D eigenvalue weighted by molar-refractivity contribution is 7.25. The molecule has 0 aromatic carbocycles. The van der Waals surface area contributed by atoms with Crippen LogP contribution in [0.5, 0.6) is 0 Å². The van der Waals surface area contributed by atoms with Gasteiger partial charge >= 0.3 is 0 Å². The second-order valence-corrected chi connectivity index (χ2v) is 5.92. The molecule has 0 saturated carbocycles. The molecule has 8 nitrogen and oxygen atoms in total. The van der Waals surface area contributed by atoms with Crippen LogP contribution >= 0.6 is 19.8 Å². The summed E-state index contributed by atoms with van der Waals surface area (Å²) in [5, 5.41) is 29.1. The number of aliphatic hydroxyl groups is 3. The molecule has 1 aliphatic rings. The Bertz CT molecular complexity index is 511. The first-order valence-corrected chi connectivity index (χ1v) is 6.88. The van der Waals surface area contributed by atoms with Crippen LogP contribution in [-0.4, -0.2) is 50.4 Å². The van der Waals surface area contributed by atoms with Gasteiger partial charge in [0.1, 0.15) is 29.0 Å². The molecule has 1 saturated heterocycles. The predicted octanol–water partition coefficient (Wildman–Crippen LogP) is -0.985. The molecule has 0 bridgehead atoms.